The monoisotopic (exact) mass is 313 g/mol. The van der Waals surface area contributed by atoms with Crippen molar-refractivity contribution in [1.29, 1.82) is 0 Å². The Morgan fingerprint density at radius 1 is 1.13 bits per heavy atom. The Hall–Kier alpha value is -2.49. The van der Waals surface area contributed by atoms with Gasteiger partial charge >= 0.3 is 0 Å². The van der Waals surface area contributed by atoms with Gasteiger partial charge in [0.2, 0.25) is 0 Å². The molecule has 0 saturated carbocycles. The molecule has 0 aliphatic rings. The van der Waals surface area contributed by atoms with E-state index in [-0.39, 0.29) is 18.6 Å². The van der Waals surface area contributed by atoms with Crippen LogP contribution in [0, 0.1) is 6.92 Å². The minimum atomic E-state index is -0.130. The predicted molar refractivity (Wildman–Crippen MR) is 90.8 cm³/mol. The second-order valence-corrected chi connectivity index (χ2v) is 5.41. The zero-order valence-corrected chi connectivity index (χ0v) is 13.8. The number of ether oxygens (including phenoxy) is 2. The number of carbonyl (C=O) groups is 1. The molecule has 0 bridgehead atoms. The number of nitrogens with one attached hydrogen (secondary N) is 1. The van der Waals surface area contributed by atoms with Crippen molar-refractivity contribution in [2.24, 2.45) is 0 Å². The standard InChI is InChI=1S/C19H23NO3/c1-4-18(15-8-10-16(22-3)11-9-15)20-19(21)13-23-17-7-5-6-14(2)12-17/h5-12,18H,4,13H2,1-3H3,(H,20,21). The van der Waals surface area contributed by atoms with Crippen molar-refractivity contribution in [3.63, 3.8) is 0 Å². The maximum absolute atomic E-state index is 12.1. The van der Waals surface area contributed by atoms with Crippen LogP contribution in [0.1, 0.15) is 30.5 Å². The normalized spacial score (nSPS) is 11.6. The summed E-state index contributed by atoms with van der Waals surface area (Å²) in [6.45, 7) is 4.04. The Kier molecular flexibility index (Phi) is 6.03. The molecular weight excluding hydrogens is 290 g/mol. The number of aryl methyl sites for hydroxylation is 1. The van der Waals surface area contributed by atoms with E-state index in [1.165, 1.54) is 0 Å². The van der Waals surface area contributed by atoms with E-state index in [1.807, 2.05) is 62.4 Å². The van der Waals surface area contributed by atoms with E-state index in [0.717, 1.165) is 23.3 Å². The van der Waals surface area contributed by atoms with Crippen molar-refractivity contribution in [1.82, 2.24) is 5.32 Å². The molecule has 1 amide bonds. The van der Waals surface area contributed by atoms with Crippen molar-refractivity contribution in [2.45, 2.75) is 26.3 Å². The number of amides is 1. The molecule has 2 aromatic rings. The molecule has 4 heteroatoms. The van der Waals surface area contributed by atoms with E-state index in [0.29, 0.717) is 5.75 Å². The summed E-state index contributed by atoms with van der Waals surface area (Å²) in [5.74, 6) is 1.38. The number of carbonyl (C=O) groups excluding carboxylic acids is 1. The van der Waals surface area contributed by atoms with E-state index in [9.17, 15) is 4.79 Å². The molecular formula is C19H23NO3. The van der Waals surface area contributed by atoms with Crippen LogP contribution < -0.4 is 14.8 Å². The summed E-state index contributed by atoms with van der Waals surface area (Å²) in [5, 5.41) is 3.00. The van der Waals surface area contributed by atoms with Gasteiger partial charge in [-0.05, 0) is 48.7 Å². The van der Waals surface area contributed by atoms with Crippen molar-refractivity contribution < 1.29 is 14.3 Å². The fourth-order valence-electron chi connectivity index (χ4n) is 2.35. The van der Waals surface area contributed by atoms with Gasteiger partial charge in [-0.3, -0.25) is 4.79 Å². The van der Waals surface area contributed by atoms with Crippen molar-refractivity contribution in [3.8, 4) is 11.5 Å². The minimum absolute atomic E-state index is 0.0100. The van der Waals surface area contributed by atoms with Crippen LogP contribution in [0.25, 0.3) is 0 Å². The molecule has 2 aromatic carbocycles. The Labute approximate surface area is 137 Å². The molecule has 23 heavy (non-hydrogen) atoms. The summed E-state index contributed by atoms with van der Waals surface area (Å²) in [4.78, 5) is 12.1. The van der Waals surface area contributed by atoms with Crippen LogP contribution >= 0.6 is 0 Å². The summed E-state index contributed by atoms with van der Waals surface area (Å²) in [5.41, 5.74) is 2.16. The summed E-state index contributed by atoms with van der Waals surface area (Å²) in [6, 6.07) is 15.4. The maximum Gasteiger partial charge on any atom is 0.258 e. The largest absolute Gasteiger partial charge is 0.497 e. The second-order valence-electron chi connectivity index (χ2n) is 5.41. The van der Waals surface area contributed by atoms with Crippen molar-refractivity contribution in [2.75, 3.05) is 13.7 Å². The van der Waals surface area contributed by atoms with Crippen LogP contribution in [0.5, 0.6) is 11.5 Å². The van der Waals surface area contributed by atoms with E-state index in [2.05, 4.69) is 5.32 Å². The first kappa shape index (κ1) is 16.9. The summed E-state index contributed by atoms with van der Waals surface area (Å²) >= 11 is 0. The third kappa shape index (κ3) is 5.02. The molecule has 1 N–H and O–H groups in total. The topological polar surface area (TPSA) is 47.6 Å². The van der Waals surface area contributed by atoms with Crippen LogP contribution in [-0.4, -0.2) is 19.6 Å². The highest BCUT2D eigenvalue weighted by molar-refractivity contribution is 5.78. The van der Waals surface area contributed by atoms with Crippen LogP contribution in [0.4, 0.5) is 0 Å². The molecule has 0 heterocycles. The predicted octanol–water partition coefficient (Wildman–Crippen LogP) is 3.65. The molecule has 0 saturated heterocycles. The Morgan fingerprint density at radius 3 is 2.48 bits per heavy atom. The molecule has 0 radical (unpaired) electrons. The zero-order chi connectivity index (χ0) is 16.7. The zero-order valence-electron chi connectivity index (χ0n) is 13.8. The van der Waals surface area contributed by atoms with Gasteiger partial charge in [0.15, 0.2) is 6.61 Å². The lowest BCUT2D eigenvalue weighted by Crippen LogP contribution is -2.32. The van der Waals surface area contributed by atoms with Crippen LogP contribution in [-0.2, 0) is 4.79 Å². The molecule has 0 aromatic heterocycles. The smallest absolute Gasteiger partial charge is 0.258 e. The molecule has 1 unspecified atom stereocenters. The van der Waals surface area contributed by atoms with Gasteiger partial charge in [0.25, 0.3) is 5.91 Å². The lowest BCUT2D eigenvalue weighted by atomic mass is 10.0. The van der Waals surface area contributed by atoms with E-state index in [4.69, 9.17) is 9.47 Å². The fraction of sp³-hybridized carbons (Fsp3) is 0.316. The molecule has 1 atom stereocenters. The SMILES string of the molecule is CCC(NC(=O)COc1cccc(C)c1)c1ccc(OC)cc1. The lowest BCUT2D eigenvalue weighted by molar-refractivity contribution is -0.123. The quantitative estimate of drug-likeness (QED) is 0.849. The van der Waals surface area contributed by atoms with Gasteiger partial charge in [-0.2, -0.15) is 0 Å². The van der Waals surface area contributed by atoms with Gasteiger partial charge in [0, 0.05) is 0 Å². The minimum Gasteiger partial charge on any atom is -0.497 e. The first-order valence-corrected chi connectivity index (χ1v) is 7.75. The average Bonchev–Trinajstić information content (AvgIpc) is 2.58. The molecule has 122 valence electrons. The third-order valence-electron chi connectivity index (χ3n) is 3.62. The number of methoxy groups -OCH3 is 1. The highest BCUT2D eigenvalue weighted by Crippen LogP contribution is 2.20. The summed E-state index contributed by atoms with van der Waals surface area (Å²) < 4.78 is 10.7. The molecule has 0 aliphatic heterocycles. The van der Waals surface area contributed by atoms with Gasteiger partial charge in [-0.25, -0.2) is 0 Å². The number of hydrogen-bond acceptors (Lipinski definition) is 3. The molecule has 0 spiro atoms. The van der Waals surface area contributed by atoms with Crippen molar-refractivity contribution in [3.05, 3.63) is 59.7 Å². The van der Waals surface area contributed by atoms with E-state index < -0.39 is 0 Å². The van der Waals surface area contributed by atoms with Gasteiger partial charge in [-0.1, -0.05) is 31.2 Å². The van der Waals surface area contributed by atoms with Crippen LogP contribution in [0.15, 0.2) is 48.5 Å². The van der Waals surface area contributed by atoms with Gasteiger partial charge in [-0.15, -0.1) is 0 Å². The second kappa shape index (κ2) is 8.22. The molecule has 0 aliphatic carbocycles. The van der Waals surface area contributed by atoms with E-state index in [1.54, 1.807) is 7.11 Å². The van der Waals surface area contributed by atoms with Crippen LogP contribution in [0.3, 0.4) is 0 Å². The summed E-state index contributed by atoms with van der Waals surface area (Å²) in [6.07, 6.45) is 0.808. The molecule has 2 rings (SSSR count). The van der Waals surface area contributed by atoms with Gasteiger partial charge < -0.3 is 14.8 Å². The van der Waals surface area contributed by atoms with Crippen molar-refractivity contribution >= 4 is 5.91 Å². The number of benzene rings is 2. The Bertz CT molecular complexity index is 637. The van der Waals surface area contributed by atoms with Crippen LogP contribution in [0.2, 0.25) is 0 Å². The first-order valence-electron chi connectivity index (χ1n) is 7.75. The van der Waals surface area contributed by atoms with Gasteiger partial charge in [0.1, 0.15) is 11.5 Å². The highest BCUT2D eigenvalue weighted by atomic mass is 16.5. The number of rotatable bonds is 7. The third-order valence-corrected chi connectivity index (χ3v) is 3.62. The average molecular weight is 313 g/mol. The Balaban J connectivity index is 1.91. The molecule has 0 fully saturated rings. The lowest BCUT2D eigenvalue weighted by Gasteiger charge is -2.18. The first-order chi connectivity index (χ1) is 11.1. The fourth-order valence-corrected chi connectivity index (χ4v) is 2.35. The maximum atomic E-state index is 12.1. The van der Waals surface area contributed by atoms with Gasteiger partial charge in [0.05, 0.1) is 13.2 Å². The Morgan fingerprint density at radius 2 is 1.87 bits per heavy atom. The summed E-state index contributed by atoms with van der Waals surface area (Å²) in [7, 11) is 1.64. The number of hydrogen-bond donors (Lipinski definition) is 1. The van der Waals surface area contributed by atoms with E-state index >= 15 is 0 Å². The highest BCUT2D eigenvalue weighted by Gasteiger charge is 2.13. The molecule has 4 nitrogen and oxygen atoms in total.